The molecular weight excluding hydrogens is 179 g/mol. The lowest BCUT2D eigenvalue weighted by atomic mass is 10.2. The summed E-state index contributed by atoms with van der Waals surface area (Å²) in [7, 11) is 0. The molecule has 0 unspecified atom stereocenters. The smallest absolute Gasteiger partial charge is 0.222 e. The van der Waals surface area contributed by atoms with E-state index in [1.807, 2.05) is 6.92 Å². The zero-order valence-electron chi connectivity index (χ0n) is 6.85. The fourth-order valence-electron chi connectivity index (χ4n) is 0.898. The first-order valence-corrected chi connectivity index (χ1v) is 4.28. The Hall–Kier alpha value is -0.700. The van der Waals surface area contributed by atoms with Crippen LogP contribution in [0.15, 0.2) is 6.20 Å². The van der Waals surface area contributed by atoms with Gasteiger partial charge in [0.2, 0.25) is 5.28 Å². The molecule has 0 atom stereocenters. The van der Waals surface area contributed by atoms with Crippen LogP contribution in [-0.2, 0) is 6.42 Å². The lowest BCUT2D eigenvalue weighted by molar-refractivity contribution is 0.583. The van der Waals surface area contributed by atoms with Gasteiger partial charge in [-0.15, -0.1) is 0 Å². The molecule has 1 rings (SSSR count). The Morgan fingerprint density at radius 3 is 3.00 bits per heavy atom. The zero-order valence-corrected chi connectivity index (χ0v) is 7.60. The molecule has 0 aliphatic carbocycles. The van der Waals surface area contributed by atoms with E-state index in [0.29, 0.717) is 12.1 Å². The Kier molecular flexibility index (Phi) is 3.41. The predicted octanol–water partition coefficient (Wildman–Crippen LogP) is 2.61. The number of hydrogen-bond acceptors (Lipinski definition) is 2. The molecule has 0 saturated heterocycles. The summed E-state index contributed by atoms with van der Waals surface area (Å²) in [5.41, 5.74) is 0.414. The van der Waals surface area contributed by atoms with Gasteiger partial charge in [-0.1, -0.05) is 13.3 Å². The van der Waals surface area contributed by atoms with Gasteiger partial charge in [0.25, 0.3) is 0 Å². The molecule has 2 nitrogen and oxygen atoms in total. The molecule has 0 fully saturated rings. The molecule has 1 aromatic rings. The predicted molar refractivity (Wildman–Crippen MR) is 45.6 cm³/mol. The van der Waals surface area contributed by atoms with Gasteiger partial charge >= 0.3 is 0 Å². The van der Waals surface area contributed by atoms with E-state index in [-0.39, 0.29) is 11.1 Å². The first-order valence-electron chi connectivity index (χ1n) is 3.91. The number of aryl methyl sites for hydroxylation is 1. The van der Waals surface area contributed by atoms with Gasteiger partial charge in [-0.25, -0.2) is 14.4 Å². The second kappa shape index (κ2) is 4.36. The first kappa shape index (κ1) is 9.39. The summed E-state index contributed by atoms with van der Waals surface area (Å²) >= 11 is 5.51. The molecule has 0 aliphatic rings. The van der Waals surface area contributed by atoms with Gasteiger partial charge in [-0.05, 0) is 24.4 Å². The molecule has 1 aromatic heterocycles. The van der Waals surface area contributed by atoms with Crippen LogP contribution in [0.25, 0.3) is 0 Å². The fourth-order valence-corrected chi connectivity index (χ4v) is 1.05. The largest absolute Gasteiger partial charge is 0.223 e. The lowest BCUT2D eigenvalue weighted by Gasteiger charge is -1.99. The highest BCUT2D eigenvalue weighted by Gasteiger charge is 2.04. The third-order valence-corrected chi connectivity index (χ3v) is 1.74. The maximum absolute atomic E-state index is 12.9. The Balaban J connectivity index is 2.75. The van der Waals surface area contributed by atoms with Crippen molar-refractivity contribution in [3.8, 4) is 0 Å². The quantitative estimate of drug-likeness (QED) is 0.682. The topological polar surface area (TPSA) is 25.8 Å². The standard InChI is InChI=1S/C8H10ClFN2/c1-2-3-4-7-6(10)5-11-8(9)12-7/h5H,2-4H2,1H3. The lowest BCUT2D eigenvalue weighted by Crippen LogP contribution is -1.97. The van der Waals surface area contributed by atoms with Crippen molar-refractivity contribution >= 4 is 11.6 Å². The third-order valence-electron chi connectivity index (χ3n) is 1.55. The van der Waals surface area contributed by atoms with E-state index in [2.05, 4.69) is 9.97 Å². The molecule has 0 bridgehead atoms. The molecule has 0 radical (unpaired) electrons. The van der Waals surface area contributed by atoms with Crippen LogP contribution in [-0.4, -0.2) is 9.97 Å². The van der Waals surface area contributed by atoms with E-state index in [1.54, 1.807) is 0 Å². The van der Waals surface area contributed by atoms with Crippen molar-refractivity contribution in [3.63, 3.8) is 0 Å². The SMILES string of the molecule is CCCCc1nc(Cl)ncc1F. The van der Waals surface area contributed by atoms with Crippen molar-refractivity contribution in [1.29, 1.82) is 0 Å². The van der Waals surface area contributed by atoms with Gasteiger partial charge in [-0.3, -0.25) is 0 Å². The van der Waals surface area contributed by atoms with Crippen LogP contribution >= 0.6 is 11.6 Å². The number of unbranched alkanes of at least 4 members (excludes halogenated alkanes) is 1. The molecule has 0 N–H and O–H groups in total. The minimum Gasteiger partial charge on any atom is -0.223 e. The monoisotopic (exact) mass is 188 g/mol. The molecule has 1 heterocycles. The summed E-state index contributed by atoms with van der Waals surface area (Å²) in [5.74, 6) is -0.368. The van der Waals surface area contributed by atoms with Crippen molar-refractivity contribution in [3.05, 3.63) is 23.0 Å². The van der Waals surface area contributed by atoms with Crippen LogP contribution < -0.4 is 0 Å². The minimum atomic E-state index is -0.368. The molecule has 0 aliphatic heterocycles. The van der Waals surface area contributed by atoms with Crippen LogP contribution in [0, 0.1) is 5.82 Å². The van der Waals surface area contributed by atoms with Crippen molar-refractivity contribution in [2.24, 2.45) is 0 Å². The van der Waals surface area contributed by atoms with Crippen molar-refractivity contribution < 1.29 is 4.39 Å². The van der Waals surface area contributed by atoms with Crippen molar-refractivity contribution in [2.75, 3.05) is 0 Å². The molecule has 0 aromatic carbocycles. The summed E-state index contributed by atoms with van der Waals surface area (Å²) in [6, 6.07) is 0. The highest BCUT2D eigenvalue weighted by molar-refractivity contribution is 6.28. The number of aromatic nitrogens is 2. The van der Waals surface area contributed by atoms with Gasteiger partial charge in [0, 0.05) is 0 Å². The molecule has 0 saturated carbocycles. The normalized spacial score (nSPS) is 10.2. The van der Waals surface area contributed by atoms with Crippen LogP contribution in [0.2, 0.25) is 5.28 Å². The van der Waals surface area contributed by atoms with Crippen molar-refractivity contribution in [1.82, 2.24) is 9.97 Å². The third kappa shape index (κ3) is 2.41. The molecule has 0 amide bonds. The number of halogens is 2. The first-order chi connectivity index (χ1) is 5.74. The number of rotatable bonds is 3. The van der Waals surface area contributed by atoms with Gasteiger partial charge in [0.15, 0.2) is 5.82 Å². The molecule has 0 spiro atoms. The minimum absolute atomic E-state index is 0.113. The highest BCUT2D eigenvalue weighted by Crippen LogP contribution is 2.09. The summed E-state index contributed by atoms with van der Waals surface area (Å²) in [4.78, 5) is 7.32. The van der Waals surface area contributed by atoms with Crippen LogP contribution in [0.3, 0.4) is 0 Å². The second-order valence-corrected chi connectivity index (χ2v) is 2.88. The summed E-state index contributed by atoms with van der Waals surface area (Å²) in [6.07, 6.45) is 3.68. The van der Waals surface area contributed by atoms with Gasteiger partial charge in [-0.2, -0.15) is 0 Å². The number of nitrogens with zero attached hydrogens (tertiary/aromatic N) is 2. The van der Waals surface area contributed by atoms with E-state index in [9.17, 15) is 4.39 Å². The van der Waals surface area contributed by atoms with E-state index in [4.69, 9.17) is 11.6 Å². The van der Waals surface area contributed by atoms with Gasteiger partial charge in [0.05, 0.1) is 11.9 Å². The molecule has 66 valence electrons. The van der Waals surface area contributed by atoms with Gasteiger partial charge in [0.1, 0.15) is 0 Å². The Morgan fingerprint density at radius 1 is 1.58 bits per heavy atom. The maximum atomic E-state index is 12.9. The average Bonchev–Trinajstić information content (AvgIpc) is 2.07. The van der Waals surface area contributed by atoms with E-state index < -0.39 is 0 Å². The fraction of sp³-hybridized carbons (Fsp3) is 0.500. The van der Waals surface area contributed by atoms with E-state index >= 15 is 0 Å². The molecule has 12 heavy (non-hydrogen) atoms. The van der Waals surface area contributed by atoms with E-state index in [1.165, 1.54) is 0 Å². The van der Waals surface area contributed by atoms with Crippen LogP contribution in [0.4, 0.5) is 4.39 Å². The summed E-state index contributed by atoms with van der Waals surface area (Å²) < 4.78 is 12.9. The highest BCUT2D eigenvalue weighted by atomic mass is 35.5. The van der Waals surface area contributed by atoms with Crippen molar-refractivity contribution in [2.45, 2.75) is 26.2 Å². The number of hydrogen-bond donors (Lipinski definition) is 0. The average molecular weight is 189 g/mol. The molecular formula is C8H10ClFN2. The van der Waals surface area contributed by atoms with Gasteiger partial charge < -0.3 is 0 Å². The second-order valence-electron chi connectivity index (χ2n) is 2.54. The summed E-state index contributed by atoms with van der Waals surface area (Å²) in [5, 5.41) is 0.113. The summed E-state index contributed by atoms with van der Waals surface area (Å²) in [6.45, 7) is 2.04. The Labute approximate surface area is 75.8 Å². The Bertz CT molecular complexity index is 265. The van der Waals surface area contributed by atoms with E-state index in [0.717, 1.165) is 19.0 Å². The van der Waals surface area contributed by atoms with Crippen LogP contribution in [0.5, 0.6) is 0 Å². The Morgan fingerprint density at radius 2 is 2.33 bits per heavy atom. The zero-order chi connectivity index (χ0) is 8.97. The molecule has 4 heteroatoms. The van der Waals surface area contributed by atoms with Crippen LogP contribution in [0.1, 0.15) is 25.5 Å². The maximum Gasteiger partial charge on any atom is 0.222 e.